The normalized spacial score (nSPS) is 16.4. The number of hydrogen-bond donors (Lipinski definition) is 2. The molecule has 0 radical (unpaired) electrons. The molecule has 0 fully saturated rings. The molecule has 1 aliphatic rings. The Morgan fingerprint density at radius 1 is 1.21 bits per heavy atom. The van der Waals surface area contributed by atoms with Crippen molar-refractivity contribution in [3.8, 4) is 11.5 Å². The third kappa shape index (κ3) is 4.43. The Morgan fingerprint density at radius 3 is 2.74 bits per heavy atom. The fourth-order valence-corrected chi connectivity index (χ4v) is 4.28. The highest BCUT2D eigenvalue weighted by Gasteiger charge is 2.34. The van der Waals surface area contributed by atoms with E-state index in [-0.39, 0.29) is 25.0 Å². The van der Waals surface area contributed by atoms with Crippen LogP contribution in [0.5, 0.6) is 11.5 Å². The maximum absolute atomic E-state index is 13.8. The van der Waals surface area contributed by atoms with Gasteiger partial charge in [-0.2, -0.15) is 0 Å². The van der Waals surface area contributed by atoms with E-state index in [1.165, 1.54) is 0 Å². The smallest absolute Gasteiger partial charge is 0.253 e. The summed E-state index contributed by atoms with van der Waals surface area (Å²) in [6, 6.07) is 14.7. The molecule has 3 aromatic rings. The number of nitrogens with one attached hydrogen (secondary N) is 2. The maximum atomic E-state index is 13.8. The fourth-order valence-electron chi connectivity index (χ4n) is 4.28. The number of aryl methyl sites for hydroxylation is 2. The minimum absolute atomic E-state index is 0.0568. The van der Waals surface area contributed by atoms with E-state index >= 15 is 0 Å². The molecule has 34 heavy (non-hydrogen) atoms. The van der Waals surface area contributed by atoms with Crippen molar-refractivity contribution in [3.05, 3.63) is 65.2 Å². The van der Waals surface area contributed by atoms with Crippen LogP contribution >= 0.6 is 0 Å². The van der Waals surface area contributed by atoms with Crippen molar-refractivity contribution < 1.29 is 19.1 Å². The van der Waals surface area contributed by atoms with E-state index in [2.05, 4.69) is 35.8 Å². The van der Waals surface area contributed by atoms with Crippen molar-refractivity contribution >= 4 is 28.3 Å². The molecule has 7 heteroatoms. The maximum Gasteiger partial charge on any atom is 0.253 e. The van der Waals surface area contributed by atoms with Crippen molar-refractivity contribution in [1.82, 2.24) is 10.6 Å². The number of benzene rings is 3. The van der Waals surface area contributed by atoms with E-state index in [0.29, 0.717) is 17.2 Å². The van der Waals surface area contributed by atoms with Gasteiger partial charge in [-0.15, -0.1) is 0 Å². The second-order valence-corrected chi connectivity index (χ2v) is 8.70. The number of likely N-dealkylation sites (N-methyl/N-ethyl adjacent to an activating group) is 1. The number of fused-ring (bicyclic) bond motifs is 2. The van der Waals surface area contributed by atoms with Crippen LogP contribution in [0.15, 0.2) is 48.5 Å². The van der Waals surface area contributed by atoms with Gasteiger partial charge in [0, 0.05) is 5.56 Å². The minimum Gasteiger partial charge on any atom is -0.496 e. The first-order valence-corrected chi connectivity index (χ1v) is 11.4. The van der Waals surface area contributed by atoms with Crippen LogP contribution in [0.1, 0.15) is 23.6 Å². The standard InChI is InChI=1S/C27H31N3O4/c1-16-9-11-20-19(13-16)10-12-24(33-5)21(20)14-30-23-8-6-7-17(2)25(23)34-15-22(27(30)32)29-26(31)18(3)28-4/h6-13,18,22,28H,14-15H2,1-5H3,(H,29,31)/t18-,22-/m0/s1. The number of anilines is 1. The molecule has 3 aromatic carbocycles. The fraction of sp³-hybridized carbons (Fsp3) is 0.333. The summed E-state index contributed by atoms with van der Waals surface area (Å²) < 4.78 is 11.8. The van der Waals surface area contributed by atoms with Gasteiger partial charge in [0.25, 0.3) is 5.91 Å². The van der Waals surface area contributed by atoms with Gasteiger partial charge in [-0.25, -0.2) is 0 Å². The Bertz CT molecular complexity index is 1240. The summed E-state index contributed by atoms with van der Waals surface area (Å²) in [4.78, 5) is 28.1. The van der Waals surface area contributed by atoms with Crippen LogP contribution in [0.4, 0.5) is 5.69 Å². The van der Waals surface area contributed by atoms with Crippen LogP contribution in [0.25, 0.3) is 10.8 Å². The number of carbonyl (C=O) groups is 2. The molecule has 1 aliphatic heterocycles. The quantitative estimate of drug-likeness (QED) is 0.588. The van der Waals surface area contributed by atoms with Crippen LogP contribution in [0.3, 0.4) is 0 Å². The molecule has 2 N–H and O–H groups in total. The SMILES string of the molecule is CN[C@@H](C)C(=O)N[C@H]1COc2c(C)cccc2N(Cc2c(OC)ccc3cc(C)ccc23)C1=O. The third-order valence-electron chi connectivity index (χ3n) is 6.36. The van der Waals surface area contributed by atoms with Crippen LogP contribution in [-0.2, 0) is 16.1 Å². The zero-order valence-corrected chi connectivity index (χ0v) is 20.3. The van der Waals surface area contributed by atoms with Crippen LogP contribution in [0.2, 0.25) is 0 Å². The Labute approximate surface area is 200 Å². The first-order chi connectivity index (χ1) is 16.3. The largest absolute Gasteiger partial charge is 0.496 e. The highest BCUT2D eigenvalue weighted by atomic mass is 16.5. The first kappa shape index (κ1) is 23.6. The lowest BCUT2D eigenvalue weighted by atomic mass is 10.0. The van der Waals surface area contributed by atoms with E-state index in [9.17, 15) is 9.59 Å². The lowest BCUT2D eigenvalue weighted by Crippen LogP contribution is -2.53. The average Bonchev–Trinajstić information content (AvgIpc) is 2.96. The molecular weight excluding hydrogens is 430 g/mol. The topological polar surface area (TPSA) is 79.9 Å². The van der Waals surface area contributed by atoms with Gasteiger partial charge in [-0.3, -0.25) is 9.59 Å². The number of rotatable bonds is 6. The molecule has 0 bridgehead atoms. The van der Waals surface area contributed by atoms with E-state index in [1.54, 1.807) is 26.0 Å². The number of methoxy groups -OCH3 is 1. The zero-order chi connectivity index (χ0) is 24.4. The van der Waals surface area contributed by atoms with Crippen molar-refractivity contribution in [3.63, 3.8) is 0 Å². The molecule has 7 nitrogen and oxygen atoms in total. The second-order valence-electron chi connectivity index (χ2n) is 8.70. The summed E-state index contributed by atoms with van der Waals surface area (Å²) in [5.74, 6) is 0.856. The van der Waals surface area contributed by atoms with Gasteiger partial charge in [0.1, 0.15) is 24.1 Å². The van der Waals surface area contributed by atoms with Gasteiger partial charge >= 0.3 is 0 Å². The molecule has 0 saturated carbocycles. The Morgan fingerprint density at radius 2 is 2.00 bits per heavy atom. The number of carbonyl (C=O) groups excluding carboxylic acids is 2. The van der Waals surface area contributed by atoms with Crippen LogP contribution in [-0.4, -0.2) is 44.7 Å². The lowest BCUT2D eigenvalue weighted by molar-refractivity contribution is -0.129. The molecule has 2 amide bonds. The summed E-state index contributed by atoms with van der Waals surface area (Å²) in [6.07, 6.45) is 0. The number of ether oxygens (including phenoxy) is 2. The predicted octanol–water partition coefficient (Wildman–Crippen LogP) is 3.48. The summed E-state index contributed by atoms with van der Waals surface area (Å²) in [5.41, 5.74) is 3.66. The van der Waals surface area contributed by atoms with Gasteiger partial charge in [0.05, 0.1) is 25.4 Å². The van der Waals surface area contributed by atoms with E-state index in [1.807, 2.05) is 37.3 Å². The molecule has 0 aromatic heterocycles. The Balaban J connectivity index is 1.80. The van der Waals surface area contributed by atoms with E-state index in [0.717, 1.165) is 27.5 Å². The molecule has 178 valence electrons. The molecule has 4 rings (SSSR count). The first-order valence-electron chi connectivity index (χ1n) is 11.4. The molecule has 0 saturated heterocycles. The number of nitrogens with zero attached hydrogens (tertiary/aromatic N) is 1. The lowest BCUT2D eigenvalue weighted by Gasteiger charge is -2.27. The van der Waals surface area contributed by atoms with Crippen LogP contribution < -0.4 is 25.0 Å². The number of hydrogen-bond acceptors (Lipinski definition) is 5. The van der Waals surface area contributed by atoms with Crippen molar-refractivity contribution in [2.45, 2.75) is 39.4 Å². The van der Waals surface area contributed by atoms with Gasteiger partial charge in [0.2, 0.25) is 5.91 Å². The minimum atomic E-state index is -0.821. The predicted molar refractivity (Wildman–Crippen MR) is 134 cm³/mol. The highest BCUT2D eigenvalue weighted by molar-refractivity contribution is 6.02. The summed E-state index contributed by atoms with van der Waals surface area (Å²) in [7, 11) is 3.34. The third-order valence-corrected chi connectivity index (χ3v) is 6.36. The van der Waals surface area contributed by atoms with Gasteiger partial charge in [-0.05, 0) is 56.3 Å². The number of amides is 2. The molecule has 0 aliphatic carbocycles. The molecule has 2 atom stereocenters. The molecule has 1 heterocycles. The van der Waals surface area contributed by atoms with Gasteiger partial charge in [-0.1, -0.05) is 42.0 Å². The Hall–Kier alpha value is -3.58. The monoisotopic (exact) mass is 461 g/mol. The van der Waals surface area contributed by atoms with E-state index < -0.39 is 12.1 Å². The van der Waals surface area contributed by atoms with Crippen LogP contribution in [0, 0.1) is 13.8 Å². The second kappa shape index (κ2) is 9.73. The number of para-hydroxylation sites is 1. The highest BCUT2D eigenvalue weighted by Crippen LogP contribution is 2.38. The average molecular weight is 462 g/mol. The van der Waals surface area contributed by atoms with Crippen molar-refractivity contribution in [2.75, 3.05) is 25.7 Å². The molecular formula is C27H31N3O4. The van der Waals surface area contributed by atoms with Gasteiger partial charge in [0.15, 0.2) is 0 Å². The summed E-state index contributed by atoms with van der Waals surface area (Å²) in [5, 5.41) is 7.85. The van der Waals surface area contributed by atoms with Crippen molar-refractivity contribution in [2.24, 2.45) is 0 Å². The van der Waals surface area contributed by atoms with Crippen molar-refractivity contribution in [1.29, 1.82) is 0 Å². The van der Waals surface area contributed by atoms with E-state index in [4.69, 9.17) is 9.47 Å². The molecule has 0 unspecified atom stereocenters. The Kier molecular flexibility index (Phi) is 6.75. The molecule has 0 spiro atoms. The zero-order valence-electron chi connectivity index (χ0n) is 20.3. The summed E-state index contributed by atoms with van der Waals surface area (Å²) in [6.45, 7) is 6.08. The summed E-state index contributed by atoms with van der Waals surface area (Å²) >= 11 is 0. The van der Waals surface area contributed by atoms with Gasteiger partial charge < -0.3 is 25.0 Å².